The highest BCUT2D eigenvalue weighted by Crippen LogP contribution is 2.20. The summed E-state index contributed by atoms with van der Waals surface area (Å²) in [5.41, 5.74) is 7.08. The third-order valence-electron chi connectivity index (χ3n) is 2.16. The number of hydrogen-bond acceptors (Lipinski definition) is 3. The normalized spacial score (nSPS) is 21.7. The lowest BCUT2D eigenvalue weighted by molar-refractivity contribution is -0.138. The van der Waals surface area contributed by atoms with Crippen molar-refractivity contribution in [3.63, 3.8) is 0 Å². The van der Waals surface area contributed by atoms with E-state index in [1.165, 1.54) is 0 Å². The number of nitrogen functional groups attached to an aromatic ring is 1. The highest BCUT2D eigenvalue weighted by atomic mass is 16.5. The summed E-state index contributed by atoms with van der Waals surface area (Å²) in [5.74, 6) is -0.0824. The minimum atomic E-state index is -0.482. The number of hydrogen-bond donors (Lipinski definition) is 2. The van der Waals surface area contributed by atoms with Crippen molar-refractivity contribution in [3.05, 3.63) is 29.8 Å². The molecule has 0 radical (unpaired) electrons. The second-order valence-electron chi connectivity index (χ2n) is 3.21. The van der Waals surface area contributed by atoms with Gasteiger partial charge in [0.2, 0.25) is 0 Å². The Morgan fingerprint density at radius 3 is 2.71 bits per heavy atom. The first kappa shape index (κ1) is 9.02. The van der Waals surface area contributed by atoms with E-state index in [-0.39, 0.29) is 5.91 Å². The van der Waals surface area contributed by atoms with Crippen molar-refractivity contribution in [1.82, 2.24) is 5.32 Å². The molecule has 2 rings (SSSR count). The molecule has 0 bridgehead atoms. The van der Waals surface area contributed by atoms with Crippen LogP contribution in [0.2, 0.25) is 0 Å². The number of ether oxygens (including phenoxy) is 1. The predicted octanol–water partition coefficient (Wildman–Crippen LogP) is 0.456. The summed E-state index contributed by atoms with van der Waals surface area (Å²) in [6, 6.07) is 7.15. The van der Waals surface area contributed by atoms with Gasteiger partial charge >= 0.3 is 0 Å². The largest absolute Gasteiger partial charge is 0.399 e. The Morgan fingerprint density at radius 1 is 1.36 bits per heavy atom. The molecule has 1 aromatic rings. The maximum Gasteiger partial charge on any atom is 0.253 e. The van der Waals surface area contributed by atoms with Crippen LogP contribution in [0.3, 0.4) is 0 Å². The number of carbonyl (C=O) groups is 1. The topological polar surface area (TPSA) is 64.3 Å². The highest BCUT2D eigenvalue weighted by Gasteiger charge is 2.24. The zero-order chi connectivity index (χ0) is 9.97. The minimum absolute atomic E-state index is 0.0824. The van der Waals surface area contributed by atoms with Gasteiger partial charge < -0.3 is 15.8 Å². The van der Waals surface area contributed by atoms with E-state index in [0.717, 1.165) is 5.56 Å². The molecule has 1 aliphatic rings. The molecule has 4 heteroatoms. The van der Waals surface area contributed by atoms with Crippen molar-refractivity contribution < 1.29 is 9.53 Å². The Bertz CT molecular complexity index is 334. The number of morpholine rings is 1. The molecule has 1 saturated heterocycles. The van der Waals surface area contributed by atoms with Crippen molar-refractivity contribution in [2.24, 2.45) is 0 Å². The number of amides is 1. The van der Waals surface area contributed by atoms with Crippen LogP contribution in [0.4, 0.5) is 5.69 Å². The summed E-state index contributed by atoms with van der Waals surface area (Å²) >= 11 is 0. The van der Waals surface area contributed by atoms with Crippen LogP contribution < -0.4 is 11.1 Å². The van der Waals surface area contributed by atoms with Gasteiger partial charge in [0.05, 0.1) is 6.61 Å². The molecule has 1 fully saturated rings. The van der Waals surface area contributed by atoms with Crippen molar-refractivity contribution >= 4 is 11.6 Å². The average Bonchev–Trinajstić information content (AvgIpc) is 2.20. The smallest absolute Gasteiger partial charge is 0.253 e. The van der Waals surface area contributed by atoms with Gasteiger partial charge in [0.1, 0.15) is 0 Å². The molecule has 0 aliphatic carbocycles. The molecule has 0 aromatic heterocycles. The summed E-state index contributed by atoms with van der Waals surface area (Å²) in [4.78, 5) is 11.4. The van der Waals surface area contributed by atoms with Crippen LogP contribution >= 0.6 is 0 Å². The monoisotopic (exact) mass is 192 g/mol. The Morgan fingerprint density at radius 2 is 2.07 bits per heavy atom. The van der Waals surface area contributed by atoms with Gasteiger partial charge in [0.25, 0.3) is 5.91 Å². The molecular formula is C10H12N2O2. The van der Waals surface area contributed by atoms with Crippen molar-refractivity contribution in [3.8, 4) is 0 Å². The molecule has 1 heterocycles. The van der Waals surface area contributed by atoms with E-state index in [9.17, 15) is 4.79 Å². The van der Waals surface area contributed by atoms with E-state index >= 15 is 0 Å². The summed E-state index contributed by atoms with van der Waals surface area (Å²) in [6.45, 7) is 1.14. The Balaban J connectivity index is 2.20. The Kier molecular flexibility index (Phi) is 2.37. The van der Waals surface area contributed by atoms with Gasteiger partial charge in [0.15, 0.2) is 6.10 Å². The van der Waals surface area contributed by atoms with Gasteiger partial charge in [0, 0.05) is 12.2 Å². The van der Waals surface area contributed by atoms with Gasteiger partial charge in [-0.2, -0.15) is 0 Å². The molecule has 1 aromatic carbocycles. The fraction of sp³-hybridized carbons (Fsp3) is 0.300. The fourth-order valence-electron chi connectivity index (χ4n) is 1.44. The lowest BCUT2D eigenvalue weighted by atomic mass is 10.1. The molecule has 1 aliphatic heterocycles. The van der Waals surface area contributed by atoms with Crippen molar-refractivity contribution in [2.45, 2.75) is 6.10 Å². The number of benzene rings is 1. The first-order valence-corrected chi connectivity index (χ1v) is 4.52. The fourth-order valence-corrected chi connectivity index (χ4v) is 1.44. The van der Waals surface area contributed by atoms with E-state index < -0.39 is 6.10 Å². The number of nitrogens with two attached hydrogens (primary N) is 1. The summed E-state index contributed by atoms with van der Waals surface area (Å²) in [5, 5.41) is 2.75. The van der Waals surface area contributed by atoms with E-state index in [4.69, 9.17) is 10.5 Å². The van der Waals surface area contributed by atoms with Gasteiger partial charge in [-0.1, -0.05) is 12.1 Å². The van der Waals surface area contributed by atoms with Crippen LogP contribution in [0.25, 0.3) is 0 Å². The molecule has 3 N–H and O–H groups in total. The lowest BCUT2D eigenvalue weighted by Crippen LogP contribution is -2.39. The van der Waals surface area contributed by atoms with Gasteiger partial charge in [-0.15, -0.1) is 0 Å². The first-order chi connectivity index (χ1) is 6.77. The quantitative estimate of drug-likeness (QED) is 0.635. The average molecular weight is 192 g/mol. The molecule has 0 spiro atoms. The van der Waals surface area contributed by atoms with Gasteiger partial charge in [-0.3, -0.25) is 4.79 Å². The van der Waals surface area contributed by atoms with Crippen LogP contribution in [0.15, 0.2) is 24.3 Å². The van der Waals surface area contributed by atoms with Crippen LogP contribution in [0.1, 0.15) is 11.7 Å². The van der Waals surface area contributed by atoms with Gasteiger partial charge in [-0.25, -0.2) is 0 Å². The zero-order valence-electron chi connectivity index (χ0n) is 7.69. The molecular weight excluding hydrogens is 180 g/mol. The van der Waals surface area contributed by atoms with Crippen molar-refractivity contribution in [1.29, 1.82) is 0 Å². The Hall–Kier alpha value is -1.55. The SMILES string of the molecule is Nc1ccc(C2OCCNC2=O)cc1. The van der Waals surface area contributed by atoms with Crippen LogP contribution in [-0.4, -0.2) is 19.1 Å². The predicted molar refractivity (Wildman–Crippen MR) is 52.6 cm³/mol. The third kappa shape index (κ3) is 1.70. The molecule has 0 saturated carbocycles. The third-order valence-corrected chi connectivity index (χ3v) is 2.16. The number of carbonyl (C=O) groups excluding carboxylic acids is 1. The van der Waals surface area contributed by atoms with Crippen LogP contribution in [0, 0.1) is 0 Å². The van der Waals surface area contributed by atoms with E-state index in [2.05, 4.69) is 5.32 Å². The van der Waals surface area contributed by atoms with E-state index in [0.29, 0.717) is 18.8 Å². The molecule has 74 valence electrons. The van der Waals surface area contributed by atoms with Gasteiger partial charge in [-0.05, 0) is 17.7 Å². The first-order valence-electron chi connectivity index (χ1n) is 4.52. The maximum absolute atomic E-state index is 11.4. The molecule has 1 atom stereocenters. The van der Waals surface area contributed by atoms with E-state index in [1.54, 1.807) is 12.1 Å². The number of anilines is 1. The minimum Gasteiger partial charge on any atom is -0.399 e. The zero-order valence-corrected chi connectivity index (χ0v) is 7.69. The molecule has 1 unspecified atom stereocenters. The second kappa shape index (κ2) is 3.67. The summed E-state index contributed by atoms with van der Waals surface area (Å²) < 4.78 is 5.36. The molecule has 14 heavy (non-hydrogen) atoms. The van der Waals surface area contributed by atoms with Crippen LogP contribution in [-0.2, 0) is 9.53 Å². The van der Waals surface area contributed by atoms with Crippen molar-refractivity contribution in [2.75, 3.05) is 18.9 Å². The Labute approximate surface area is 82.1 Å². The summed E-state index contributed by atoms with van der Waals surface area (Å²) in [7, 11) is 0. The molecule has 4 nitrogen and oxygen atoms in total. The summed E-state index contributed by atoms with van der Waals surface area (Å²) in [6.07, 6.45) is -0.482. The number of rotatable bonds is 1. The maximum atomic E-state index is 11.4. The standard InChI is InChI=1S/C10H12N2O2/c11-8-3-1-7(2-4-8)9-10(13)12-5-6-14-9/h1-4,9H,5-6,11H2,(H,12,13). The highest BCUT2D eigenvalue weighted by molar-refractivity contribution is 5.82. The number of nitrogens with one attached hydrogen (secondary N) is 1. The van der Waals surface area contributed by atoms with Crippen LogP contribution in [0.5, 0.6) is 0 Å². The lowest BCUT2D eigenvalue weighted by Gasteiger charge is -2.22. The van der Waals surface area contributed by atoms with E-state index in [1.807, 2.05) is 12.1 Å². The molecule has 1 amide bonds. The second-order valence-corrected chi connectivity index (χ2v) is 3.21.